The standard InChI is InChI=1S/C22H14ClNO5S/c23-15-8-2-1-7-14(15)18-17(19(25)16-9-4-10-30-16)20(26)21(27)24(18)13-6-3-5-12(11-13)22(28)29/h1-11,18,26H,(H,28,29). The van der Waals surface area contributed by atoms with Crippen molar-refractivity contribution >= 4 is 46.3 Å². The summed E-state index contributed by atoms with van der Waals surface area (Å²) in [6.45, 7) is 0. The number of benzene rings is 2. The topological polar surface area (TPSA) is 94.9 Å². The number of hydrogen-bond donors (Lipinski definition) is 2. The molecule has 0 saturated heterocycles. The van der Waals surface area contributed by atoms with E-state index in [4.69, 9.17) is 11.6 Å². The van der Waals surface area contributed by atoms with Gasteiger partial charge in [0, 0.05) is 10.7 Å². The Morgan fingerprint density at radius 2 is 1.80 bits per heavy atom. The van der Waals surface area contributed by atoms with Gasteiger partial charge in [0.2, 0.25) is 5.78 Å². The number of aliphatic hydroxyl groups is 1. The summed E-state index contributed by atoms with van der Waals surface area (Å²) in [5.41, 5.74) is 0.537. The van der Waals surface area contributed by atoms with Gasteiger partial charge in [-0.25, -0.2) is 4.79 Å². The third-order valence-corrected chi connectivity index (χ3v) is 5.98. The highest BCUT2D eigenvalue weighted by Gasteiger charge is 2.45. The molecule has 0 aliphatic carbocycles. The Kier molecular flexibility index (Phi) is 5.15. The summed E-state index contributed by atoms with van der Waals surface area (Å²) in [6.07, 6.45) is 0. The van der Waals surface area contributed by atoms with E-state index in [2.05, 4.69) is 0 Å². The predicted octanol–water partition coefficient (Wildman–Crippen LogP) is 4.88. The van der Waals surface area contributed by atoms with Gasteiger partial charge in [-0.3, -0.25) is 14.5 Å². The van der Waals surface area contributed by atoms with Crippen LogP contribution in [0.3, 0.4) is 0 Å². The molecular formula is C22H14ClNO5S. The lowest BCUT2D eigenvalue weighted by Gasteiger charge is -2.27. The maximum absolute atomic E-state index is 13.2. The van der Waals surface area contributed by atoms with Gasteiger partial charge in [0.1, 0.15) is 0 Å². The normalized spacial score (nSPS) is 16.2. The summed E-state index contributed by atoms with van der Waals surface area (Å²) in [5, 5.41) is 22.0. The molecule has 2 N–H and O–H groups in total. The fraction of sp³-hybridized carbons (Fsp3) is 0.0455. The van der Waals surface area contributed by atoms with Gasteiger partial charge >= 0.3 is 5.97 Å². The Morgan fingerprint density at radius 3 is 2.47 bits per heavy atom. The highest BCUT2D eigenvalue weighted by atomic mass is 35.5. The van der Waals surface area contributed by atoms with Gasteiger partial charge in [0.05, 0.1) is 22.1 Å². The maximum atomic E-state index is 13.2. The summed E-state index contributed by atoms with van der Waals surface area (Å²) in [4.78, 5) is 39.2. The van der Waals surface area contributed by atoms with Crippen molar-refractivity contribution in [3.05, 3.63) is 98.4 Å². The molecule has 4 rings (SSSR count). The number of anilines is 1. The second-order valence-electron chi connectivity index (χ2n) is 6.52. The minimum absolute atomic E-state index is 0.0317. The van der Waals surface area contributed by atoms with Crippen LogP contribution in [-0.2, 0) is 4.79 Å². The minimum atomic E-state index is -1.16. The van der Waals surface area contributed by atoms with Crippen molar-refractivity contribution in [2.24, 2.45) is 0 Å². The van der Waals surface area contributed by atoms with Crippen LogP contribution < -0.4 is 4.90 Å². The van der Waals surface area contributed by atoms with Gasteiger partial charge in [-0.15, -0.1) is 11.3 Å². The number of rotatable bonds is 5. The Hall–Kier alpha value is -3.42. The number of amides is 1. The lowest BCUT2D eigenvalue weighted by molar-refractivity contribution is -0.117. The first kappa shape index (κ1) is 19.9. The molecule has 0 saturated carbocycles. The van der Waals surface area contributed by atoms with Crippen LogP contribution in [0, 0.1) is 0 Å². The molecule has 0 fully saturated rings. The summed E-state index contributed by atoms with van der Waals surface area (Å²) >= 11 is 7.57. The third kappa shape index (κ3) is 3.28. The van der Waals surface area contributed by atoms with E-state index in [-0.39, 0.29) is 16.8 Å². The SMILES string of the molecule is O=C(O)c1cccc(N2C(=O)C(O)=C(C(=O)c3cccs3)C2c2ccccc2Cl)c1. The molecule has 0 bridgehead atoms. The van der Waals surface area contributed by atoms with E-state index in [0.717, 1.165) is 0 Å². The van der Waals surface area contributed by atoms with Gasteiger partial charge < -0.3 is 10.2 Å². The number of halogens is 1. The van der Waals surface area contributed by atoms with Gasteiger partial charge in [-0.2, -0.15) is 0 Å². The second-order valence-corrected chi connectivity index (χ2v) is 7.88. The molecule has 2 heterocycles. The quantitative estimate of drug-likeness (QED) is 0.552. The number of carbonyl (C=O) groups excluding carboxylic acids is 2. The highest BCUT2D eigenvalue weighted by Crippen LogP contribution is 2.44. The summed E-state index contributed by atoms with van der Waals surface area (Å²) in [6, 6.07) is 14.7. The highest BCUT2D eigenvalue weighted by molar-refractivity contribution is 7.12. The van der Waals surface area contributed by atoms with Crippen molar-refractivity contribution < 1.29 is 24.6 Å². The number of aliphatic hydroxyl groups excluding tert-OH is 1. The molecular weight excluding hydrogens is 426 g/mol. The molecule has 1 aliphatic heterocycles. The number of carbonyl (C=O) groups is 3. The third-order valence-electron chi connectivity index (χ3n) is 4.77. The van der Waals surface area contributed by atoms with Crippen LogP contribution in [0.25, 0.3) is 0 Å². The zero-order chi connectivity index (χ0) is 21.4. The zero-order valence-corrected chi connectivity index (χ0v) is 16.9. The Labute approximate surface area is 180 Å². The first-order chi connectivity index (χ1) is 14.4. The molecule has 0 spiro atoms. The molecule has 1 atom stereocenters. The van der Waals surface area contributed by atoms with Crippen LogP contribution >= 0.6 is 22.9 Å². The zero-order valence-electron chi connectivity index (χ0n) is 15.3. The average molecular weight is 440 g/mol. The maximum Gasteiger partial charge on any atom is 0.335 e. The fourth-order valence-corrected chi connectivity index (χ4v) is 4.34. The fourth-order valence-electron chi connectivity index (χ4n) is 3.42. The second kappa shape index (κ2) is 7.78. The molecule has 3 aromatic rings. The van der Waals surface area contributed by atoms with E-state index in [1.807, 2.05) is 0 Å². The van der Waals surface area contributed by atoms with Crippen LogP contribution in [0.4, 0.5) is 5.69 Å². The van der Waals surface area contributed by atoms with Crippen LogP contribution in [-0.4, -0.2) is 27.9 Å². The summed E-state index contributed by atoms with van der Waals surface area (Å²) in [5.74, 6) is -3.14. The molecule has 150 valence electrons. The van der Waals surface area contributed by atoms with Gasteiger partial charge in [0.25, 0.3) is 5.91 Å². The van der Waals surface area contributed by atoms with Gasteiger partial charge in [0.15, 0.2) is 5.76 Å². The monoisotopic (exact) mass is 439 g/mol. The first-order valence-corrected chi connectivity index (χ1v) is 10.1. The largest absolute Gasteiger partial charge is 0.503 e. The van der Waals surface area contributed by atoms with Crippen LogP contribution in [0.2, 0.25) is 5.02 Å². The van der Waals surface area contributed by atoms with Crippen molar-refractivity contribution in [3.63, 3.8) is 0 Å². The van der Waals surface area contributed by atoms with Crippen molar-refractivity contribution in [2.75, 3.05) is 4.90 Å². The molecule has 0 radical (unpaired) electrons. The molecule has 2 aromatic carbocycles. The molecule has 1 unspecified atom stereocenters. The van der Waals surface area contributed by atoms with Crippen molar-refractivity contribution in [1.29, 1.82) is 0 Å². The van der Waals surface area contributed by atoms with Crippen LogP contribution in [0.5, 0.6) is 0 Å². The number of aromatic carboxylic acids is 1. The molecule has 8 heteroatoms. The predicted molar refractivity (Wildman–Crippen MR) is 113 cm³/mol. The van der Waals surface area contributed by atoms with Crippen molar-refractivity contribution in [3.8, 4) is 0 Å². The van der Waals surface area contributed by atoms with Gasteiger partial charge in [-0.1, -0.05) is 41.9 Å². The van der Waals surface area contributed by atoms with E-state index in [1.54, 1.807) is 47.8 Å². The Bertz CT molecular complexity index is 1200. The number of carboxylic acid groups (broad SMARTS) is 1. The lowest BCUT2D eigenvalue weighted by atomic mass is 9.95. The van der Waals surface area contributed by atoms with Gasteiger partial charge in [-0.05, 0) is 41.3 Å². The van der Waals surface area contributed by atoms with E-state index < -0.39 is 29.5 Å². The van der Waals surface area contributed by atoms with Crippen molar-refractivity contribution in [2.45, 2.75) is 6.04 Å². The molecule has 30 heavy (non-hydrogen) atoms. The Balaban J connectivity index is 1.92. The van der Waals surface area contributed by atoms with Crippen LogP contribution in [0.15, 0.2) is 77.4 Å². The molecule has 1 aliphatic rings. The van der Waals surface area contributed by atoms with Crippen LogP contribution in [0.1, 0.15) is 31.6 Å². The smallest absolute Gasteiger partial charge is 0.335 e. The van der Waals surface area contributed by atoms with E-state index in [0.29, 0.717) is 15.5 Å². The van der Waals surface area contributed by atoms with E-state index >= 15 is 0 Å². The molecule has 1 amide bonds. The number of nitrogens with zero attached hydrogens (tertiary/aromatic N) is 1. The molecule has 1 aromatic heterocycles. The van der Waals surface area contributed by atoms with Crippen molar-refractivity contribution in [1.82, 2.24) is 0 Å². The number of ketones is 1. The lowest BCUT2D eigenvalue weighted by Crippen LogP contribution is -2.31. The first-order valence-electron chi connectivity index (χ1n) is 8.83. The van der Waals surface area contributed by atoms with E-state index in [9.17, 15) is 24.6 Å². The summed E-state index contributed by atoms with van der Waals surface area (Å²) in [7, 11) is 0. The molecule has 6 nitrogen and oxygen atoms in total. The number of carboxylic acids is 1. The number of Topliss-reactive ketones (excluding diaryl/α,β-unsaturated/α-hetero) is 1. The summed E-state index contributed by atoms with van der Waals surface area (Å²) < 4.78 is 0. The minimum Gasteiger partial charge on any atom is -0.503 e. The number of hydrogen-bond acceptors (Lipinski definition) is 5. The number of thiophene rings is 1. The van der Waals surface area contributed by atoms with E-state index in [1.165, 1.54) is 34.4 Å². The average Bonchev–Trinajstić information content (AvgIpc) is 3.36. The Morgan fingerprint density at radius 1 is 1.03 bits per heavy atom.